The molecule has 1 fully saturated rings. The minimum atomic E-state index is -0.938. The first-order valence-corrected chi connectivity index (χ1v) is 7.91. The number of hydrogen-bond acceptors (Lipinski definition) is 4. The Kier molecular flexibility index (Phi) is 5.55. The highest BCUT2D eigenvalue weighted by Crippen LogP contribution is 2.20. The molecule has 120 valence electrons. The number of nitrogens with one attached hydrogen (secondary N) is 2. The number of aryl methyl sites for hydroxylation is 1. The monoisotopic (exact) mass is 369 g/mol. The van der Waals surface area contributed by atoms with E-state index in [0.717, 1.165) is 15.7 Å². The number of amides is 2. The van der Waals surface area contributed by atoms with E-state index in [1.807, 2.05) is 25.1 Å². The minimum Gasteiger partial charge on any atom is -0.381 e. The molecule has 2 rings (SSSR count). The molecule has 1 aromatic rings. The van der Waals surface area contributed by atoms with Gasteiger partial charge >= 0.3 is 0 Å². The van der Waals surface area contributed by atoms with Gasteiger partial charge in [0.25, 0.3) is 0 Å². The number of carbonyl (C=O) groups excluding carboxylic acids is 2. The van der Waals surface area contributed by atoms with Crippen LogP contribution in [0.5, 0.6) is 0 Å². The Hall–Kier alpha value is -1.44. The number of anilines is 1. The molecule has 22 heavy (non-hydrogen) atoms. The van der Waals surface area contributed by atoms with Crippen molar-refractivity contribution >= 4 is 33.4 Å². The van der Waals surface area contributed by atoms with E-state index in [0.29, 0.717) is 26.1 Å². The van der Waals surface area contributed by atoms with E-state index in [1.54, 1.807) is 0 Å². The van der Waals surface area contributed by atoms with Gasteiger partial charge in [0.15, 0.2) is 0 Å². The maximum atomic E-state index is 12.1. The summed E-state index contributed by atoms with van der Waals surface area (Å²) in [6, 6.07) is 5.56. The van der Waals surface area contributed by atoms with Crippen molar-refractivity contribution in [2.45, 2.75) is 25.3 Å². The zero-order chi connectivity index (χ0) is 16.2. The number of rotatable bonds is 4. The van der Waals surface area contributed by atoms with Crippen LogP contribution in [-0.4, -0.2) is 37.1 Å². The van der Waals surface area contributed by atoms with Crippen molar-refractivity contribution in [3.8, 4) is 0 Å². The lowest BCUT2D eigenvalue weighted by atomic mass is 9.90. The van der Waals surface area contributed by atoms with Gasteiger partial charge in [-0.15, -0.1) is 0 Å². The summed E-state index contributed by atoms with van der Waals surface area (Å²) in [5.74, 6) is -0.590. The second-order valence-electron chi connectivity index (χ2n) is 5.46. The first-order chi connectivity index (χ1) is 10.4. The molecule has 2 amide bonds. The minimum absolute atomic E-state index is 0.103. The van der Waals surface area contributed by atoms with Gasteiger partial charge in [-0.3, -0.25) is 9.59 Å². The predicted molar refractivity (Wildman–Crippen MR) is 87.5 cm³/mol. The molecule has 4 N–H and O–H groups in total. The zero-order valence-corrected chi connectivity index (χ0v) is 14.0. The number of ether oxygens (including phenoxy) is 1. The predicted octanol–water partition coefficient (Wildman–Crippen LogP) is 1.32. The van der Waals surface area contributed by atoms with Crippen LogP contribution < -0.4 is 16.4 Å². The smallest absolute Gasteiger partial charge is 0.243 e. The molecule has 7 heteroatoms. The summed E-state index contributed by atoms with van der Waals surface area (Å²) in [5.41, 5.74) is 6.77. The first-order valence-electron chi connectivity index (χ1n) is 7.12. The van der Waals surface area contributed by atoms with Crippen molar-refractivity contribution in [1.82, 2.24) is 5.32 Å². The van der Waals surface area contributed by atoms with E-state index in [-0.39, 0.29) is 18.4 Å². The quantitative estimate of drug-likeness (QED) is 0.745. The normalized spacial score (nSPS) is 16.9. The molecule has 1 aliphatic rings. The van der Waals surface area contributed by atoms with Gasteiger partial charge in [0.05, 0.1) is 12.1 Å². The fourth-order valence-corrected chi connectivity index (χ4v) is 2.74. The van der Waals surface area contributed by atoms with E-state index in [2.05, 4.69) is 26.6 Å². The summed E-state index contributed by atoms with van der Waals surface area (Å²) >= 11 is 3.37. The van der Waals surface area contributed by atoms with Crippen LogP contribution in [0, 0.1) is 6.92 Å². The van der Waals surface area contributed by atoms with Crippen LogP contribution in [0.4, 0.5) is 5.69 Å². The molecule has 1 aliphatic heterocycles. The Morgan fingerprint density at radius 3 is 2.68 bits per heavy atom. The third kappa shape index (κ3) is 4.28. The van der Waals surface area contributed by atoms with E-state index >= 15 is 0 Å². The van der Waals surface area contributed by atoms with Crippen LogP contribution in [0.1, 0.15) is 18.4 Å². The highest BCUT2D eigenvalue weighted by molar-refractivity contribution is 9.10. The van der Waals surface area contributed by atoms with Gasteiger partial charge in [-0.1, -0.05) is 15.9 Å². The summed E-state index contributed by atoms with van der Waals surface area (Å²) in [4.78, 5) is 24.0. The lowest BCUT2D eigenvalue weighted by Crippen LogP contribution is -2.57. The van der Waals surface area contributed by atoms with Crippen LogP contribution in [0.2, 0.25) is 0 Å². The SMILES string of the molecule is Cc1cc(Br)ccc1NC(=O)CNC(=O)C1(N)CCOCC1. The lowest BCUT2D eigenvalue weighted by Gasteiger charge is -2.31. The summed E-state index contributed by atoms with van der Waals surface area (Å²) in [6.07, 6.45) is 0.929. The number of halogens is 1. The van der Waals surface area contributed by atoms with Gasteiger partial charge in [-0.25, -0.2) is 0 Å². The van der Waals surface area contributed by atoms with Crippen molar-refractivity contribution in [2.24, 2.45) is 5.73 Å². The molecule has 0 aromatic heterocycles. The molecule has 0 spiro atoms. The Morgan fingerprint density at radius 1 is 1.36 bits per heavy atom. The molecular formula is C15H20BrN3O3. The average molecular weight is 370 g/mol. The maximum absolute atomic E-state index is 12.1. The van der Waals surface area contributed by atoms with Crippen molar-refractivity contribution in [2.75, 3.05) is 25.1 Å². The highest BCUT2D eigenvalue weighted by Gasteiger charge is 2.35. The zero-order valence-electron chi connectivity index (χ0n) is 12.4. The Labute approximate surface area is 137 Å². The average Bonchev–Trinajstić information content (AvgIpc) is 2.48. The Balaban J connectivity index is 1.86. The third-order valence-electron chi connectivity index (χ3n) is 3.71. The maximum Gasteiger partial charge on any atom is 0.243 e. The summed E-state index contributed by atoms with van der Waals surface area (Å²) < 4.78 is 6.14. The second-order valence-corrected chi connectivity index (χ2v) is 6.37. The fourth-order valence-electron chi connectivity index (χ4n) is 2.26. The first kappa shape index (κ1) is 16.9. The van der Waals surface area contributed by atoms with E-state index in [4.69, 9.17) is 10.5 Å². The molecule has 0 saturated carbocycles. The van der Waals surface area contributed by atoms with Gasteiger partial charge in [0.1, 0.15) is 0 Å². The van der Waals surface area contributed by atoms with Crippen LogP contribution in [0.3, 0.4) is 0 Å². The van der Waals surface area contributed by atoms with Crippen molar-refractivity contribution in [3.05, 3.63) is 28.2 Å². The van der Waals surface area contributed by atoms with Crippen LogP contribution in [-0.2, 0) is 14.3 Å². The molecular weight excluding hydrogens is 350 g/mol. The molecule has 0 atom stereocenters. The van der Waals surface area contributed by atoms with E-state index in [1.165, 1.54) is 0 Å². The van der Waals surface area contributed by atoms with Crippen LogP contribution in [0.15, 0.2) is 22.7 Å². The van der Waals surface area contributed by atoms with Gasteiger partial charge in [0.2, 0.25) is 11.8 Å². The molecule has 1 aromatic carbocycles. The molecule has 1 saturated heterocycles. The summed E-state index contributed by atoms with van der Waals surface area (Å²) in [6.45, 7) is 2.73. The topological polar surface area (TPSA) is 93.5 Å². The van der Waals surface area contributed by atoms with Gasteiger partial charge in [0, 0.05) is 23.4 Å². The molecule has 6 nitrogen and oxygen atoms in total. The van der Waals surface area contributed by atoms with Crippen molar-refractivity contribution < 1.29 is 14.3 Å². The number of hydrogen-bond donors (Lipinski definition) is 3. The Morgan fingerprint density at radius 2 is 2.05 bits per heavy atom. The molecule has 0 unspecified atom stereocenters. The standard InChI is InChI=1S/C15H20BrN3O3/c1-10-8-11(16)2-3-12(10)19-13(20)9-18-14(21)15(17)4-6-22-7-5-15/h2-3,8H,4-7,9,17H2,1H3,(H,18,21)(H,19,20). The second kappa shape index (κ2) is 7.21. The molecule has 1 heterocycles. The highest BCUT2D eigenvalue weighted by atomic mass is 79.9. The number of carbonyl (C=O) groups is 2. The Bertz CT molecular complexity index is 571. The lowest BCUT2D eigenvalue weighted by molar-refractivity contribution is -0.131. The molecule has 0 aliphatic carbocycles. The van der Waals surface area contributed by atoms with Gasteiger partial charge in [-0.05, 0) is 43.5 Å². The molecule has 0 bridgehead atoms. The van der Waals surface area contributed by atoms with Crippen molar-refractivity contribution in [3.63, 3.8) is 0 Å². The van der Waals surface area contributed by atoms with Crippen molar-refractivity contribution in [1.29, 1.82) is 0 Å². The fraction of sp³-hybridized carbons (Fsp3) is 0.467. The summed E-state index contributed by atoms with van der Waals surface area (Å²) in [7, 11) is 0. The van der Waals surface area contributed by atoms with Crippen LogP contribution in [0.25, 0.3) is 0 Å². The van der Waals surface area contributed by atoms with E-state index < -0.39 is 5.54 Å². The number of nitrogens with two attached hydrogens (primary N) is 1. The van der Waals surface area contributed by atoms with Gasteiger partial charge < -0.3 is 21.1 Å². The number of benzene rings is 1. The van der Waals surface area contributed by atoms with Gasteiger partial charge in [-0.2, -0.15) is 0 Å². The van der Waals surface area contributed by atoms with Crippen LogP contribution >= 0.6 is 15.9 Å². The summed E-state index contributed by atoms with van der Waals surface area (Å²) in [5, 5.41) is 5.37. The largest absolute Gasteiger partial charge is 0.381 e. The van der Waals surface area contributed by atoms with E-state index in [9.17, 15) is 9.59 Å². The molecule has 0 radical (unpaired) electrons. The third-order valence-corrected chi connectivity index (χ3v) is 4.20.